The molecule has 0 aliphatic heterocycles. The molecule has 3 aromatic carbocycles. The fourth-order valence-corrected chi connectivity index (χ4v) is 3.27. The first-order valence-electron chi connectivity index (χ1n) is 9.85. The molecule has 0 aromatic heterocycles. The molecule has 0 aliphatic rings. The molecule has 6 heteroatoms. The van der Waals surface area contributed by atoms with Crippen molar-refractivity contribution in [2.75, 3.05) is 13.1 Å². The number of alkyl halides is 2. The maximum atomic E-state index is 12.3. The SMILES string of the molecule is O=C(C[NH2+]C(c1ccccc1)c1ccccc1)NCCc1ccc(OC(F)F)cc1. The fourth-order valence-electron chi connectivity index (χ4n) is 3.27. The zero-order valence-corrected chi connectivity index (χ0v) is 16.5. The molecule has 30 heavy (non-hydrogen) atoms. The Bertz CT molecular complexity index is 864. The summed E-state index contributed by atoms with van der Waals surface area (Å²) in [7, 11) is 0. The summed E-state index contributed by atoms with van der Waals surface area (Å²) in [4.78, 5) is 12.3. The van der Waals surface area contributed by atoms with Crippen LogP contribution in [0.2, 0.25) is 0 Å². The van der Waals surface area contributed by atoms with Crippen molar-refractivity contribution < 1.29 is 23.6 Å². The molecule has 0 radical (unpaired) electrons. The van der Waals surface area contributed by atoms with E-state index >= 15 is 0 Å². The second-order valence-corrected chi connectivity index (χ2v) is 6.86. The van der Waals surface area contributed by atoms with Crippen LogP contribution in [0.5, 0.6) is 5.75 Å². The Balaban J connectivity index is 1.49. The average molecular weight is 411 g/mol. The van der Waals surface area contributed by atoms with Crippen LogP contribution in [-0.4, -0.2) is 25.6 Å². The molecule has 1 amide bonds. The molecule has 0 unspecified atom stereocenters. The van der Waals surface area contributed by atoms with E-state index in [1.165, 1.54) is 12.1 Å². The molecule has 3 N–H and O–H groups in total. The van der Waals surface area contributed by atoms with E-state index in [2.05, 4.69) is 34.3 Å². The average Bonchev–Trinajstić information content (AvgIpc) is 2.76. The third-order valence-corrected chi connectivity index (χ3v) is 4.74. The topological polar surface area (TPSA) is 54.9 Å². The number of nitrogens with two attached hydrogens (primary N) is 1. The number of carbonyl (C=O) groups is 1. The Hall–Kier alpha value is -3.25. The number of halogens is 2. The van der Waals surface area contributed by atoms with Crippen LogP contribution in [0, 0.1) is 0 Å². The van der Waals surface area contributed by atoms with Gasteiger partial charge in [0, 0.05) is 17.7 Å². The molecule has 3 aromatic rings. The summed E-state index contributed by atoms with van der Waals surface area (Å²) in [5.74, 6) is 0.0739. The number of hydrogen-bond donors (Lipinski definition) is 2. The monoisotopic (exact) mass is 411 g/mol. The largest absolute Gasteiger partial charge is 0.435 e. The highest BCUT2D eigenvalue weighted by Crippen LogP contribution is 2.17. The van der Waals surface area contributed by atoms with Gasteiger partial charge in [-0.15, -0.1) is 0 Å². The quantitative estimate of drug-likeness (QED) is 0.538. The lowest BCUT2D eigenvalue weighted by atomic mass is 9.99. The summed E-state index contributed by atoms with van der Waals surface area (Å²) < 4.78 is 28.7. The molecular weight excluding hydrogens is 386 g/mol. The highest BCUT2D eigenvalue weighted by molar-refractivity contribution is 5.76. The van der Waals surface area contributed by atoms with Crippen molar-refractivity contribution in [1.82, 2.24) is 5.32 Å². The van der Waals surface area contributed by atoms with Crippen molar-refractivity contribution in [3.8, 4) is 5.75 Å². The van der Waals surface area contributed by atoms with Crippen molar-refractivity contribution in [3.63, 3.8) is 0 Å². The van der Waals surface area contributed by atoms with Gasteiger partial charge in [-0.3, -0.25) is 4.79 Å². The Labute approximate surface area is 174 Å². The van der Waals surface area contributed by atoms with Crippen LogP contribution >= 0.6 is 0 Å². The van der Waals surface area contributed by atoms with Gasteiger partial charge in [0.2, 0.25) is 0 Å². The third kappa shape index (κ3) is 6.67. The van der Waals surface area contributed by atoms with E-state index < -0.39 is 6.61 Å². The van der Waals surface area contributed by atoms with Gasteiger partial charge in [0.15, 0.2) is 6.54 Å². The van der Waals surface area contributed by atoms with Gasteiger partial charge < -0.3 is 15.4 Å². The van der Waals surface area contributed by atoms with E-state index in [1.54, 1.807) is 12.1 Å². The Kier molecular flexibility index (Phi) is 7.92. The van der Waals surface area contributed by atoms with Crippen molar-refractivity contribution in [1.29, 1.82) is 0 Å². The van der Waals surface area contributed by atoms with E-state index in [4.69, 9.17) is 0 Å². The molecular formula is C24H25F2N2O2+. The molecule has 0 bridgehead atoms. The van der Waals surface area contributed by atoms with Crippen molar-refractivity contribution >= 4 is 5.91 Å². The normalized spacial score (nSPS) is 10.9. The Morgan fingerprint density at radius 3 is 1.97 bits per heavy atom. The van der Waals surface area contributed by atoms with Crippen molar-refractivity contribution in [2.24, 2.45) is 0 Å². The molecule has 0 heterocycles. The summed E-state index contributed by atoms with van der Waals surface area (Å²) in [6.07, 6.45) is 0.613. The minimum atomic E-state index is -2.83. The van der Waals surface area contributed by atoms with Gasteiger partial charge in [-0.25, -0.2) is 0 Å². The highest BCUT2D eigenvalue weighted by Gasteiger charge is 2.18. The standard InChI is InChI=1S/C24H24F2N2O2/c25-24(26)30-21-13-11-18(12-14-21)15-16-27-22(29)17-28-23(19-7-3-1-4-8-19)20-9-5-2-6-10-20/h1-14,23-24,28H,15-17H2,(H,27,29)/p+1. The van der Waals surface area contributed by atoms with Gasteiger partial charge in [0.1, 0.15) is 11.8 Å². The number of ether oxygens (including phenoxy) is 1. The predicted molar refractivity (Wildman–Crippen MR) is 111 cm³/mol. The molecule has 0 aliphatic carbocycles. The maximum Gasteiger partial charge on any atom is 0.387 e. The van der Waals surface area contributed by atoms with Crippen LogP contribution < -0.4 is 15.4 Å². The maximum absolute atomic E-state index is 12.3. The lowest BCUT2D eigenvalue weighted by molar-refractivity contribution is -0.676. The lowest BCUT2D eigenvalue weighted by Crippen LogP contribution is -2.87. The van der Waals surface area contributed by atoms with Gasteiger partial charge >= 0.3 is 6.61 Å². The minimum Gasteiger partial charge on any atom is -0.435 e. The molecule has 0 atom stereocenters. The molecule has 0 spiro atoms. The zero-order chi connectivity index (χ0) is 21.2. The fraction of sp³-hybridized carbons (Fsp3) is 0.208. The summed E-state index contributed by atoms with van der Waals surface area (Å²) in [6.45, 7) is -2.06. The Morgan fingerprint density at radius 1 is 0.867 bits per heavy atom. The highest BCUT2D eigenvalue weighted by atomic mass is 19.3. The van der Waals surface area contributed by atoms with Crippen molar-refractivity contribution in [2.45, 2.75) is 19.1 Å². The number of rotatable bonds is 10. The van der Waals surface area contributed by atoms with Crippen LogP contribution in [0.25, 0.3) is 0 Å². The summed E-state index contributed by atoms with van der Waals surface area (Å²) in [5.41, 5.74) is 3.22. The van der Waals surface area contributed by atoms with Gasteiger partial charge in [-0.1, -0.05) is 72.8 Å². The van der Waals surface area contributed by atoms with E-state index in [1.807, 2.05) is 41.7 Å². The number of hydrogen-bond acceptors (Lipinski definition) is 2. The molecule has 4 nitrogen and oxygen atoms in total. The number of carbonyl (C=O) groups excluding carboxylic acids is 1. The molecule has 0 saturated heterocycles. The minimum absolute atomic E-state index is 0.0422. The van der Waals surface area contributed by atoms with Crippen LogP contribution in [0.3, 0.4) is 0 Å². The second-order valence-electron chi connectivity index (χ2n) is 6.86. The van der Waals surface area contributed by atoms with E-state index in [0.717, 1.165) is 16.7 Å². The summed E-state index contributed by atoms with van der Waals surface area (Å²) in [6, 6.07) is 26.7. The third-order valence-electron chi connectivity index (χ3n) is 4.74. The van der Waals surface area contributed by atoms with Gasteiger partial charge in [-0.2, -0.15) is 8.78 Å². The van der Waals surface area contributed by atoms with Crippen LogP contribution in [0.15, 0.2) is 84.9 Å². The smallest absolute Gasteiger partial charge is 0.387 e. The second kappa shape index (κ2) is 11.1. The molecule has 0 saturated carbocycles. The number of benzene rings is 3. The molecule has 3 rings (SSSR count). The van der Waals surface area contributed by atoms with Gasteiger partial charge in [-0.05, 0) is 24.1 Å². The van der Waals surface area contributed by atoms with Crippen LogP contribution in [0.4, 0.5) is 8.78 Å². The van der Waals surface area contributed by atoms with Gasteiger partial charge in [0.25, 0.3) is 5.91 Å². The van der Waals surface area contributed by atoms with Crippen LogP contribution in [0.1, 0.15) is 22.7 Å². The number of nitrogens with one attached hydrogen (secondary N) is 1. The van der Waals surface area contributed by atoms with E-state index in [0.29, 0.717) is 19.5 Å². The summed E-state index contributed by atoms with van der Waals surface area (Å²) >= 11 is 0. The number of amides is 1. The summed E-state index contributed by atoms with van der Waals surface area (Å²) in [5, 5.41) is 4.94. The van der Waals surface area contributed by atoms with E-state index in [9.17, 15) is 13.6 Å². The molecule has 156 valence electrons. The van der Waals surface area contributed by atoms with Crippen LogP contribution in [-0.2, 0) is 11.2 Å². The Morgan fingerprint density at radius 2 is 1.43 bits per heavy atom. The number of quaternary nitrogens is 1. The lowest BCUT2D eigenvalue weighted by Gasteiger charge is -2.16. The van der Waals surface area contributed by atoms with E-state index in [-0.39, 0.29) is 17.7 Å². The predicted octanol–water partition coefficient (Wildman–Crippen LogP) is 3.30. The first-order valence-corrected chi connectivity index (χ1v) is 9.85. The zero-order valence-electron chi connectivity index (χ0n) is 16.5. The first-order chi connectivity index (χ1) is 14.6. The van der Waals surface area contributed by atoms with Crippen molar-refractivity contribution in [3.05, 3.63) is 102 Å². The van der Waals surface area contributed by atoms with Gasteiger partial charge in [0.05, 0.1) is 0 Å². The molecule has 0 fully saturated rings. The first kappa shape index (κ1) is 21.5.